The molecule has 4 fully saturated rings. The van der Waals surface area contributed by atoms with E-state index < -0.39 is 9.84 Å². The van der Waals surface area contributed by atoms with Crippen LogP contribution < -0.4 is 16.0 Å². The Balaban J connectivity index is 0.983. The van der Waals surface area contributed by atoms with Crippen LogP contribution in [0.25, 0.3) is 11.3 Å². The van der Waals surface area contributed by atoms with Gasteiger partial charge in [-0.15, -0.1) is 0 Å². The number of halogens is 2. The second-order valence-electron chi connectivity index (χ2n) is 12.5. The molecule has 4 aliphatic rings. The van der Waals surface area contributed by atoms with Crippen molar-refractivity contribution in [2.45, 2.75) is 69.9 Å². The van der Waals surface area contributed by atoms with E-state index >= 15 is 0 Å². The molecule has 0 aromatic carbocycles. The highest BCUT2D eigenvalue weighted by molar-refractivity contribution is 7.91. The van der Waals surface area contributed by atoms with Gasteiger partial charge in [0.25, 0.3) is 0 Å². The minimum atomic E-state index is -2.81. The van der Waals surface area contributed by atoms with Crippen molar-refractivity contribution in [2.24, 2.45) is 17.3 Å². The standard InChI is InChI=1S/C30H41ClFN5O3S/c31-25-17-34-28(33-11-7-20-1-3-22(4-2-20)36-23-8-13-41(38,39)14-9-23)15-24(25)27-6-5-26(32)29(37-27)35-19-30-10-12-40-18-21(30)16-30/h5-6,15,17,20-23,36H,1-4,7-14,16,18-19H2,(H,33,34)(H,35,37). The van der Waals surface area contributed by atoms with Crippen molar-refractivity contribution in [3.63, 3.8) is 0 Å². The van der Waals surface area contributed by atoms with E-state index in [-0.39, 0.29) is 17.1 Å². The molecule has 0 spiro atoms. The van der Waals surface area contributed by atoms with Gasteiger partial charge in [0.15, 0.2) is 11.6 Å². The van der Waals surface area contributed by atoms with Gasteiger partial charge in [0, 0.05) is 50.1 Å². The van der Waals surface area contributed by atoms with Crippen molar-refractivity contribution in [1.29, 1.82) is 0 Å². The van der Waals surface area contributed by atoms with Crippen molar-refractivity contribution in [3.8, 4) is 11.3 Å². The zero-order chi connectivity index (χ0) is 28.5. The predicted octanol–water partition coefficient (Wildman–Crippen LogP) is 5.30. The van der Waals surface area contributed by atoms with E-state index in [2.05, 4.69) is 25.9 Å². The van der Waals surface area contributed by atoms with Gasteiger partial charge in [-0.05, 0) is 93.2 Å². The van der Waals surface area contributed by atoms with Gasteiger partial charge in [-0.1, -0.05) is 11.6 Å². The molecule has 2 saturated carbocycles. The molecule has 41 heavy (non-hydrogen) atoms. The van der Waals surface area contributed by atoms with E-state index in [0.717, 1.165) is 76.1 Å². The first-order chi connectivity index (χ1) is 19.8. The highest BCUT2D eigenvalue weighted by Gasteiger charge is 2.55. The van der Waals surface area contributed by atoms with Crippen LogP contribution in [-0.2, 0) is 14.6 Å². The Kier molecular flexibility index (Phi) is 8.73. The molecule has 2 aliphatic carbocycles. The molecule has 2 unspecified atom stereocenters. The molecule has 8 nitrogen and oxygen atoms in total. The summed E-state index contributed by atoms with van der Waals surface area (Å²) in [6, 6.07) is 5.84. The lowest BCUT2D eigenvalue weighted by Gasteiger charge is -2.33. The number of sulfone groups is 1. The number of anilines is 2. The molecule has 2 aliphatic heterocycles. The Morgan fingerprint density at radius 2 is 1.85 bits per heavy atom. The van der Waals surface area contributed by atoms with Crippen LogP contribution in [0.2, 0.25) is 5.02 Å². The zero-order valence-corrected chi connectivity index (χ0v) is 25.1. The minimum Gasteiger partial charge on any atom is -0.381 e. The smallest absolute Gasteiger partial charge is 0.165 e. The molecule has 6 rings (SSSR count). The Morgan fingerprint density at radius 3 is 2.63 bits per heavy atom. The summed E-state index contributed by atoms with van der Waals surface area (Å²) >= 11 is 6.51. The molecule has 2 aromatic rings. The summed E-state index contributed by atoms with van der Waals surface area (Å²) in [5.74, 6) is 2.48. The average Bonchev–Trinajstić information content (AvgIpc) is 3.71. The lowest BCUT2D eigenvalue weighted by molar-refractivity contribution is 0.0650. The monoisotopic (exact) mass is 605 g/mol. The molecular weight excluding hydrogens is 565 g/mol. The van der Waals surface area contributed by atoms with Crippen LogP contribution >= 0.6 is 11.6 Å². The van der Waals surface area contributed by atoms with Gasteiger partial charge in [0.2, 0.25) is 0 Å². The van der Waals surface area contributed by atoms with Gasteiger partial charge < -0.3 is 20.7 Å². The van der Waals surface area contributed by atoms with Crippen LogP contribution in [-0.4, -0.2) is 68.3 Å². The predicted molar refractivity (Wildman–Crippen MR) is 161 cm³/mol. The average molecular weight is 606 g/mol. The largest absolute Gasteiger partial charge is 0.381 e. The Hall–Kier alpha value is -2.01. The van der Waals surface area contributed by atoms with E-state index in [4.69, 9.17) is 16.3 Å². The third-order valence-electron chi connectivity index (χ3n) is 9.74. The number of aromatic nitrogens is 2. The zero-order valence-electron chi connectivity index (χ0n) is 23.5. The first-order valence-electron chi connectivity index (χ1n) is 15.1. The Labute approximate surface area is 247 Å². The first-order valence-corrected chi connectivity index (χ1v) is 17.3. The summed E-state index contributed by atoms with van der Waals surface area (Å²) in [4.78, 5) is 9.06. The summed E-state index contributed by atoms with van der Waals surface area (Å²) in [6.07, 6.45) is 10.9. The number of ether oxygens (including phenoxy) is 1. The first kappa shape index (κ1) is 29.1. The maximum atomic E-state index is 14.6. The maximum Gasteiger partial charge on any atom is 0.165 e. The molecule has 4 heterocycles. The minimum absolute atomic E-state index is 0.213. The van der Waals surface area contributed by atoms with Crippen LogP contribution in [0.1, 0.15) is 57.8 Å². The Morgan fingerprint density at radius 1 is 1.07 bits per heavy atom. The van der Waals surface area contributed by atoms with Crippen LogP contribution in [0.4, 0.5) is 16.0 Å². The molecule has 224 valence electrons. The summed E-state index contributed by atoms with van der Waals surface area (Å²) in [5.41, 5.74) is 1.55. The molecular formula is C30H41ClFN5O3S. The molecule has 2 atom stereocenters. The summed E-state index contributed by atoms with van der Waals surface area (Å²) < 4.78 is 43.6. The number of fused-ring (bicyclic) bond motifs is 1. The van der Waals surface area contributed by atoms with Gasteiger partial charge in [0.1, 0.15) is 15.7 Å². The van der Waals surface area contributed by atoms with Crippen molar-refractivity contribution in [2.75, 3.05) is 48.4 Å². The fourth-order valence-corrected chi connectivity index (χ4v) is 8.59. The summed E-state index contributed by atoms with van der Waals surface area (Å²) in [5, 5.41) is 10.9. The summed E-state index contributed by atoms with van der Waals surface area (Å²) in [6.45, 7) is 3.09. The molecule has 2 aromatic heterocycles. The molecule has 0 bridgehead atoms. The van der Waals surface area contributed by atoms with E-state index in [1.165, 1.54) is 18.9 Å². The van der Waals surface area contributed by atoms with Crippen molar-refractivity contribution < 1.29 is 17.5 Å². The van der Waals surface area contributed by atoms with Gasteiger partial charge in [-0.3, -0.25) is 0 Å². The fraction of sp³-hybridized carbons (Fsp3) is 0.667. The van der Waals surface area contributed by atoms with Crippen molar-refractivity contribution in [1.82, 2.24) is 15.3 Å². The highest BCUT2D eigenvalue weighted by Crippen LogP contribution is 2.57. The normalized spacial score (nSPS) is 29.5. The molecule has 3 N–H and O–H groups in total. The third kappa shape index (κ3) is 7.14. The van der Waals surface area contributed by atoms with Crippen LogP contribution in [0, 0.1) is 23.1 Å². The topological polar surface area (TPSA) is 105 Å². The van der Waals surface area contributed by atoms with Crippen LogP contribution in [0.15, 0.2) is 24.4 Å². The number of hydrogen-bond acceptors (Lipinski definition) is 8. The Bertz CT molecular complexity index is 1330. The lowest BCUT2D eigenvalue weighted by atomic mass is 9.83. The lowest BCUT2D eigenvalue weighted by Crippen LogP contribution is -2.44. The van der Waals surface area contributed by atoms with E-state index in [0.29, 0.717) is 52.7 Å². The second-order valence-corrected chi connectivity index (χ2v) is 15.3. The van der Waals surface area contributed by atoms with Crippen molar-refractivity contribution >= 4 is 33.1 Å². The van der Waals surface area contributed by atoms with Gasteiger partial charge >= 0.3 is 0 Å². The highest BCUT2D eigenvalue weighted by atomic mass is 35.5. The maximum absolute atomic E-state index is 14.6. The van der Waals surface area contributed by atoms with Gasteiger partial charge in [0.05, 0.1) is 22.2 Å². The van der Waals surface area contributed by atoms with E-state index in [9.17, 15) is 12.8 Å². The second kappa shape index (κ2) is 12.3. The van der Waals surface area contributed by atoms with Crippen LogP contribution in [0.5, 0.6) is 0 Å². The van der Waals surface area contributed by atoms with E-state index in [1.807, 2.05) is 6.07 Å². The molecule has 11 heteroatoms. The molecule has 0 radical (unpaired) electrons. The number of hydrogen-bond donors (Lipinski definition) is 3. The number of rotatable bonds is 10. The van der Waals surface area contributed by atoms with Gasteiger partial charge in [-0.25, -0.2) is 22.8 Å². The molecule has 2 saturated heterocycles. The third-order valence-corrected chi connectivity index (χ3v) is 11.8. The number of nitrogens with one attached hydrogen (secondary N) is 3. The van der Waals surface area contributed by atoms with Crippen molar-refractivity contribution in [3.05, 3.63) is 35.2 Å². The number of nitrogens with zero attached hydrogens (tertiary/aromatic N) is 2. The molecule has 0 amide bonds. The SMILES string of the molecule is O=S1(=O)CCC(NC2CCC(CCNc3cc(-c4ccc(F)c(NCC56CCOCC5C6)n4)c(Cl)cn3)CC2)CC1. The van der Waals surface area contributed by atoms with Gasteiger partial charge in [-0.2, -0.15) is 0 Å². The van der Waals surface area contributed by atoms with E-state index in [1.54, 1.807) is 12.3 Å². The summed E-state index contributed by atoms with van der Waals surface area (Å²) in [7, 11) is -2.81. The number of pyridine rings is 2. The quantitative estimate of drug-likeness (QED) is 0.335. The fourth-order valence-electron chi connectivity index (χ4n) is 6.90. The van der Waals surface area contributed by atoms with Crippen LogP contribution in [0.3, 0.4) is 0 Å².